The highest BCUT2D eigenvalue weighted by atomic mass is 16.3. The first-order valence-electron chi connectivity index (χ1n) is 8.70. The number of amides is 1. The van der Waals surface area contributed by atoms with E-state index in [1.54, 1.807) is 4.68 Å². The van der Waals surface area contributed by atoms with Gasteiger partial charge in [-0.3, -0.25) is 9.48 Å². The SMILES string of the molecule is Cn1cc(-c2ccc(C(=O)N(CCO)C3CCCCC3)cc2)cn1. The Balaban J connectivity index is 1.76. The number of aryl methyl sites for hydroxylation is 1. The minimum absolute atomic E-state index is 0.00993. The summed E-state index contributed by atoms with van der Waals surface area (Å²) in [5, 5.41) is 13.5. The van der Waals surface area contributed by atoms with Gasteiger partial charge in [-0.05, 0) is 30.5 Å². The number of hydrogen-bond acceptors (Lipinski definition) is 3. The lowest BCUT2D eigenvalue weighted by Crippen LogP contribution is -2.43. The molecule has 5 heteroatoms. The number of rotatable bonds is 5. The van der Waals surface area contributed by atoms with Crippen molar-refractivity contribution in [1.82, 2.24) is 14.7 Å². The molecule has 3 rings (SSSR count). The maximum absolute atomic E-state index is 12.9. The van der Waals surface area contributed by atoms with Crippen molar-refractivity contribution < 1.29 is 9.90 Å². The lowest BCUT2D eigenvalue weighted by atomic mass is 9.93. The number of carbonyl (C=O) groups is 1. The number of aliphatic hydroxyl groups excluding tert-OH is 1. The van der Waals surface area contributed by atoms with Crippen LogP contribution in [-0.2, 0) is 7.05 Å². The second-order valence-electron chi connectivity index (χ2n) is 6.49. The molecule has 0 unspecified atom stereocenters. The molecule has 5 nitrogen and oxygen atoms in total. The molecule has 0 saturated heterocycles. The molecule has 1 aliphatic rings. The molecular weight excluding hydrogens is 302 g/mol. The monoisotopic (exact) mass is 327 g/mol. The zero-order valence-electron chi connectivity index (χ0n) is 14.2. The fourth-order valence-corrected chi connectivity index (χ4v) is 3.49. The second kappa shape index (κ2) is 7.62. The first-order chi connectivity index (χ1) is 11.7. The van der Waals surface area contributed by atoms with Crippen LogP contribution < -0.4 is 0 Å². The van der Waals surface area contributed by atoms with Crippen LogP contribution in [0.25, 0.3) is 11.1 Å². The van der Waals surface area contributed by atoms with E-state index in [4.69, 9.17) is 0 Å². The van der Waals surface area contributed by atoms with Gasteiger partial charge in [0.2, 0.25) is 0 Å². The standard InChI is InChI=1S/C19H25N3O2/c1-21-14-17(13-20-21)15-7-9-16(10-8-15)19(24)22(11-12-23)18-5-3-2-4-6-18/h7-10,13-14,18,23H,2-6,11-12H2,1H3. The molecule has 0 bridgehead atoms. The van der Waals surface area contributed by atoms with Gasteiger partial charge in [0, 0.05) is 37.0 Å². The van der Waals surface area contributed by atoms with E-state index < -0.39 is 0 Å². The molecule has 1 heterocycles. The highest BCUT2D eigenvalue weighted by Crippen LogP contribution is 2.25. The molecule has 0 radical (unpaired) electrons. The van der Waals surface area contributed by atoms with Crippen LogP contribution >= 0.6 is 0 Å². The van der Waals surface area contributed by atoms with E-state index in [-0.39, 0.29) is 18.6 Å². The average molecular weight is 327 g/mol. The first-order valence-corrected chi connectivity index (χ1v) is 8.70. The van der Waals surface area contributed by atoms with Gasteiger partial charge in [0.25, 0.3) is 5.91 Å². The van der Waals surface area contributed by atoms with Crippen molar-refractivity contribution in [1.29, 1.82) is 0 Å². The van der Waals surface area contributed by atoms with Gasteiger partial charge in [-0.25, -0.2) is 0 Å². The molecule has 1 saturated carbocycles. The fourth-order valence-electron chi connectivity index (χ4n) is 3.49. The summed E-state index contributed by atoms with van der Waals surface area (Å²) < 4.78 is 1.76. The van der Waals surface area contributed by atoms with E-state index in [9.17, 15) is 9.90 Å². The molecule has 2 aromatic rings. The Kier molecular flexibility index (Phi) is 5.30. The highest BCUT2D eigenvalue weighted by Gasteiger charge is 2.25. The van der Waals surface area contributed by atoms with E-state index in [2.05, 4.69) is 5.10 Å². The van der Waals surface area contributed by atoms with E-state index in [1.165, 1.54) is 19.3 Å². The Bertz CT molecular complexity index is 672. The summed E-state index contributed by atoms with van der Waals surface area (Å²) >= 11 is 0. The van der Waals surface area contributed by atoms with Crippen LogP contribution in [0.1, 0.15) is 42.5 Å². The van der Waals surface area contributed by atoms with Crippen LogP contribution in [0.15, 0.2) is 36.7 Å². The lowest BCUT2D eigenvalue weighted by molar-refractivity contribution is 0.0585. The van der Waals surface area contributed by atoms with Crippen molar-refractivity contribution in [3.8, 4) is 11.1 Å². The third-order valence-electron chi connectivity index (χ3n) is 4.79. The summed E-state index contributed by atoms with van der Waals surface area (Å²) in [6.07, 6.45) is 9.43. The molecule has 24 heavy (non-hydrogen) atoms. The van der Waals surface area contributed by atoms with Crippen molar-refractivity contribution in [2.24, 2.45) is 7.05 Å². The minimum Gasteiger partial charge on any atom is -0.395 e. The van der Waals surface area contributed by atoms with E-state index >= 15 is 0 Å². The largest absolute Gasteiger partial charge is 0.395 e. The van der Waals surface area contributed by atoms with Gasteiger partial charge in [-0.2, -0.15) is 5.10 Å². The average Bonchev–Trinajstić information content (AvgIpc) is 3.06. The van der Waals surface area contributed by atoms with Crippen LogP contribution in [0.4, 0.5) is 0 Å². The number of aromatic nitrogens is 2. The van der Waals surface area contributed by atoms with Crippen molar-refractivity contribution in [3.63, 3.8) is 0 Å². The van der Waals surface area contributed by atoms with Gasteiger partial charge in [-0.15, -0.1) is 0 Å². The smallest absolute Gasteiger partial charge is 0.254 e. The highest BCUT2D eigenvalue weighted by molar-refractivity contribution is 5.95. The number of hydrogen-bond donors (Lipinski definition) is 1. The molecule has 1 amide bonds. The predicted molar refractivity (Wildman–Crippen MR) is 93.6 cm³/mol. The molecule has 1 aromatic heterocycles. The quantitative estimate of drug-likeness (QED) is 0.918. The summed E-state index contributed by atoms with van der Waals surface area (Å²) in [6, 6.07) is 7.93. The van der Waals surface area contributed by atoms with Crippen molar-refractivity contribution in [2.75, 3.05) is 13.2 Å². The predicted octanol–water partition coefficient (Wildman–Crippen LogP) is 2.85. The normalized spacial score (nSPS) is 15.4. The molecule has 1 aliphatic carbocycles. The summed E-state index contributed by atoms with van der Waals surface area (Å²) in [4.78, 5) is 14.7. The van der Waals surface area contributed by atoms with Crippen molar-refractivity contribution >= 4 is 5.91 Å². The Morgan fingerprint density at radius 3 is 2.50 bits per heavy atom. The summed E-state index contributed by atoms with van der Waals surface area (Å²) in [5.74, 6) is 0.0219. The zero-order chi connectivity index (χ0) is 16.9. The van der Waals surface area contributed by atoms with Gasteiger partial charge in [0.05, 0.1) is 12.8 Å². The van der Waals surface area contributed by atoms with E-state index in [0.717, 1.165) is 24.0 Å². The van der Waals surface area contributed by atoms with E-state index in [0.29, 0.717) is 12.1 Å². The first kappa shape index (κ1) is 16.7. The molecule has 1 N–H and O–H groups in total. The van der Waals surface area contributed by atoms with E-state index in [1.807, 2.05) is 48.6 Å². The molecule has 1 aromatic carbocycles. The van der Waals surface area contributed by atoms with Crippen LogP contribution in [-0.4, -0.2) is 44.9 Å². The Hall–Kier alpha value is -2.14. The van der Waals surface area contributed by atoms with Crippen LogP contribution in [0, 0.1) is 0 Å². The Labute approximate surface area is 142 Å². The van der Waals surface area contributed by atoms with Gasteiger partial charge in [-0.1, -0.05) is 31.4 Å². The van der Waals surface area contributed by atoms with Gasteiger partial charge in [0.1, 0.15) is 0 Å². The number of benzene rings is 1. The molecule has 0 aliphatic heterocycles. The second-order valence-corrected chi connectivity index (χ2v) is 6.49. The third-order valence-corrected chi connectivity index (χ3v) is 4.79. The number of aliphatic hydroxyl groups is 1. The van der Waals surface area contributed by atoms with Crippen LogP contribution in [0.3, 0.4) is 0 Å². The number of carbonyl (C=O) groups excluding carboxylic acids is 1. The molecular formula is C19H25N3O2. The number of nitrogens with zero attached hydrogens (tertiary/aromatic N) is 3. The lowest BCUT2D eigenvalue weighted by Gasteiger charge is -2.34. The minimum atomic E-state index is 0.00993. The molecule has 0 atom stereocenters. The van der Waals surface area contributed by atoms with Gasteiger partial charge >= 0.3 is 0 Å². The maximum atomic E-state index is 12.9. The van der Waals surface area contributed by atoms with Gasteiger partial charge in [0.15, 0.2) is 0 Å². The molecule has 0 spiro atoms. The van der Waals surface area contributed by atoms with Crippen molar-refractivity contribution in [2.45, 2.75) is 38.1 Å². The fraction of sp³-hybridized carbons (Fsp3) is 0.474. The molecule has 1 fully saturated rings. The summed E-state index contributed by atoms with van der Waals surface area (Å²) in [6.45, 7) is 0.421. The van der Waals surface area contributed by atoms with Crippen molar-refractivity contribution in [3.05, 3.63) is 42.2 Å². The Morgan fingerprint density at radius 2 is 1.92 bits per heavy atom. The molecule has 128 valence electrons. The maximum Gasteiger partial charge on any atom is 0.254 e. The zero-order valence-corrected chi connectivity index (χ0v) is 14.2. The summed E-state index contributed by atoms with van der Waals surface area (Å²) in [7, 11) is 1.89. The van der Waals surface area contributed by atoms with Gasteiger partial charge < -0.3 is 10.0 Å². The topological polar surface area (TPSA) is 58.4 Å². The third kappa shape index (κ3) is 3.67. The Morgan fingerprint density at radius 1 is 1.21 bits per heavy atom. The summed E-state index contributed by atoms with van der Waals surface area (Å²) in [5.41, 5.74) is 2.77. The van der Waals surface area contributed by atoms with Crippen LogP contribution in [0.2, 0.25) is 0 Å². The van der Waals surface area contributed by atoms with Crippen LogP contribution in [0.5, 0.6) is 0 Å².